The van der Waals surface area contributed by atoms with Gasteiger partial charge in [-0.2, -0.15) is 0 Å². The molecule has 1 aliphatic heterocycles. The van der Waals surface area contributed by atoms with Crippen molar-refractivity contribution in [2.45, 2.75) is 18.6 Å². The molecule has 0 unspecified atom stereocenters. The fourth-order valence-corrected chi connectivity index (χ4v) is 2.81. The Labute approximate surface area is 120 Å². The third kappa shape index (κ3) is 2.83. The molecule has 1 fully saturated rings. The van der Waals surface area contributed by atoms with Crippen LogP contribution in [0.15, 0.2) is 29.1 Å². The molecule has 3 rings (SSSR count). The van der Waals surface area contributed by atoms with Gasteiger partial charge in [0.1, 0.15) is 11.4 Å². The Morgan fingerprint density at radius 2 is 2.19 bits per heavy atom. The first-order valence-corrected chi connectivity index (χ1v) is 6.86. The van der Waals surface area contributed by atoms with Crippen molar-refractivity contribution in [1.82, 2.24) is 9.88 Å². The number of aliphatic hydroxyl groups excluding tert-OH is 1. The van der Waals surface area contributed by atoms with Crippen molar-refractivity contribution in [2.24, 2.45) is 0 Å². The van der Waals surface area contributed by atoms with Gasteiger partial charge in [0.25, 0.3) is 0 Å². The number of aromatic nitrogens is 1. The predicted molar refractivity (Wildman–Crippen MR) is 76.5 cm³/mol. The fraction of sp³-hybridized carbons (Fsp3) is 0.400. The van der Waals surface area contributed by atoms with Crippen LogP contribution in [0.3, 0.4) is 0 Å². The van der Waals surface area contributed by atoms with E-state index in [1.54, 1.807) is 6.07 Å². The number of hydrogen-bond acceptors (Lipinski definition) is 4. The first kappa shape index (κ1) is 14.2. The van der Waals surface area contributed by atoms with Crippen LogP contribution in [0.5, 0.6) is 0 Å². The Kier molecular flexibility index (Phi) is 3.52. The number of aliphatic hydroxyl groups is 2. The molecule has 1 aromatic carbocycles. The number of benzene rings is 1. The number of H-pyrrole nitrogens is 1. The first-order valence-electron chi connectivity index (χ1n) is 6.86. The zero-order valence-corrected chi connectivity index (χ0v) is 11.5. The van der Waals surface area contributed by atoms with Crippen molar-refractivity contribution in [2.75, 3.05) is 19.7 Å². The number of pyridine rings is 1. The highest BCUT2D eigenvalue weighted by atomic mass is 19.1. The summed E-state index contributed by atoms with van der Waals surface area (Å²) in [5.41, 5.74) is 0.0203. The lowest BCUT2D eigenvalue weighted by Gasteiger charge is -2.20. The molecule has 0 saturated carbocycles. The van der Waals surface area contributed by atoms with Gasteiger partial charge in [-0.05, 0) is 24.6 Å². The Morgan fingerprint density at radius 1 is 1.38 bits per heavy atom. The lowest BCUT2D eigenvalue weighted by molar-refractivity contribution is -0.00587. The molecule has 0 aliphatic carbocycles. The number of nitrogens with zero attached hydrogens (tertiary/aromatic N) is 1. The highest BCUT2D eigenvalue weighted by molar-refractivity contribution is 5.78. The van der Waals surface area contributed by atoms with Crippen molar-refractivity contribution in [3.8, 4) is 0 Å². The van der Waals surface area contributed by atoms with E-state index < -0.39 is 11.4 Å². The van der Waals surface area contributed by atoms with Gasteiger partial charge in [-0.25, -0.2) is 4.39 Å². The number of hydrogen-bond donors (Lipinski definition) is 3. The van der Waals surface area contributed by atoms with Crippen LogP contribution in [0.25, 0.3) is 10.9 Å². The van der Waals surface area contributed by atoms with Crippen LogP contribution in [-0.4, -0.2) is 45.4 Å². The first-order chi connectivity index (χ1) is 9.99. The van der Waals surface area contributed by atoms with Crippen LogP contribution in [0, 0.1) is 5.82 Å². The summed E-state index contributed by atoms with van der Waals surface area (Å²) < 4.78 is 13.2. The molecular formula is C15H17FN2O3. The maximum atomic E-state index is 13.2. The number of likely N-dealkylation sites (tertiary alicyclic amines) is 1. The van der Waals surface area contributed by atoms with E-state index in [2.05, 4.69) is 4.98 Å². The minimum absolute atomic E-state index is 0.227. The molecular weight excluding hydrogens is 275 g/mol. The third-order valence-electron chi connectivity index (χ3n) is 3.95. The predicted octanol–water partition coefficient (Wildman–Crippen LogP) is 0.596. The molecule has 0 bridgehead atoms. The van der Waals surface area contributed by atoms with Gasteiger partial charge >= 0.3 is 0 Å². The smallest absolute Gasteiger partial charge is 0.189 e. The van der Waals surface area contributed by atoms with Crippen LogP contribution < -0.4 is 5.43 Å². The highest BCUT2D eigenvalue weighted by Crippen LogP contribution is 2.22. The number of fused-ring (bicyclic) bond motifs is 1. The van der Waals surface area contributed by atoms with Gasteiger partial charge in [0.05, 0.1) is 6.61 Å². The van der Waals surface area contributed by atoms with E-state index in [0.717, 1.165) is 0 Å². The van der Waals surface area contributed by atoms with E-state index >= 15 is 0 Å². The maximum Gasteiger partial charge on any atom is 0.189 e. The van der Waals surface area contributed by atoms with Gasteiger partial charge in [-0.1, -0.05) is 0 Å². The molecule has 2 heterocycles. The van der Waals surface area contributed by atoms with E-state index in [9.17, 15) is 14.3 Å². The molecule has 1 aromatic heterocycles. The molecule has 1 aliphatic rings. The van der Waals surface area contributed by atoms with Gasteiger partial charge in [0.15, 0.2) is 5.43 Å². The van der Waals surface area contributed by atoms with Crippen LogP contribution in [0.1, 0.15) is 12.1 Å². The summed E-state index contributed by atoms with van der Waals surface area (Å²) in [5.74, 6) is -0.437. The average Bonchev–Trinajstić information content (AvgIpc) is 2.82. The van der Waals surface area contributed by atoms with Gasteiger partial charge in [0.2, 0.25) is 0 Å². The van der Waals surface area contributed by atoms with Gasteiger partial charge in [0, 0.05) is 42.3 Å². The third-order valence-corrected chi connectivity index (χ3v) is 3.95. The summed E-state index contributed by atoms with van der Waals surface area (Å²) in [4.78, 5) is 17.1. The highest BCUT2D eigenvalue weighted by Gasteiger charge is 2.35. The fourth-order valence-electron chi connectivity index (χ4n) is 2.81. The van der Waals surface area contributed by atoms with Crippen molar-refractivity contribution < 1.29 is 14.6 Å². The van der Waals surface area contributed by atoms with Crippen molar-refractivity contribution in [1.29, 1.82) is 0 Å². The quantitative estimate of drug-likeness (QED) is 0.774. The largest absolute Gasteiger partial charge is 0.393 e. The maximum absolute atomic E-state index is 13.2. The van der Waals surface area contributed by atoms with Crippen molar-refractivity contribution in [3.63, 3.8) is 0 Å². The second-order valence-corrected chi connectivity index (χ2v) is 5.69. The van der Waals surface area contributed by atoms with Gasteiger partial charge in [-0.3, -0.25) is 9.69 Å². The molecule has 1 saturated heterocycles. The van der Waals surface area contributed by atoms with E-state index in [1.165, 1.54) is 18.2 Å². The molecule has 0 radical (unpaired) electrons. The minimum Gasteiger partial charge on any atom is -0.393 e. The number of halogens is 1. The van der Waals surface area contributed by atoms with E-state index in [0.29, 0.717) is 42.7 Å². The van der Waals surface area contributed by atoms with Crippen molar-refractivity contribution in [3.05, 3.63) is 46.0 Å². The molecule has 2 aromatic rings. The number of rotatable bonds is 3. The number of nitrogens with one attached hydrogen (secondary N) is 1. The second-order valence-electron chi connectivity index (χ2n) is 5.69. The van der Waals surface area contributed by atoms with E-state index in [-0.39, 0.29) is 12.0 Å². The summed E-state index contributed by atoms with van der Waals surface area (Å²) in [7, 11) is 0. The molecule has 112 valence electrons. The number of β-amino-alcohol motifs (C(OH)–C–C–N with tert-alkyl or cyclic N) is 1. The number of aromatic amines is 1. The molecule has 21 heavy (non-hydrogen) atoms. The van der Waals surface area contributed by atoms with Crippen LogP contribution in [0.2, 0.25) is 0 Å². The Morgan fingerprint density at radius 3 is 2.90 bits per heavy atom. The molecule has 6 heteroatoms. The summed E-state index contributed by atoms with van der Waals surface area (Å²) >= 11 is 0. The van der Waals surface area contributed by atoms with Crippen LogP contribution in [-0.2, 0) is 6.54 Å². The normalized spacial score (nSPS) is 23.0. The summed E-state index contributed by atoms with van der Waals surface area (Å²) in [5, 5.41) is 19.5. The standard InChI is InChI=1S/C15H17FN2O3/c16-10-1-2-13-12(5-10)14(20)6-11(17-13)7-18-4-3-15(21,8-18)9-19/h1-2,5-6,19,21H,3-4,7-9H2,(H,17,20)/t15-/m1/s1. The lowest BCUT2D eigenvalue weighted by atomic mass is 10.1. The van der Waals surface area contributed by atoms with Gasteiger partial charge in [-0.15, -0.1) is 0 Å². The van der Waals surface area contributed by atoms with Crippen LogP contribution >= 0.6 is 0 Å². The van der Waals surface area contributed by atoms with E-state index in [1.807, 2.05) is 4.90 Å². The Balaban J connectivity index is 1.86. The topological polar surface area (TPSA) is 76.6 Å². The van der Waals surface area contributed by atoms with E-state index in [4.69, 9.17) is 5.11 Å². The second kappa shape index (κ2) is 5.22. The molecule has 0 spiro atoms. The summed E-state index contributed by atoms with van der Waals surface area (Å²) in [6.07, 6.45) is 0.506. The van der Waals surface area contributed by atoms with Crippen LogP contribution in [0.4, 0.5) is 4.39 Å². The lowest BCUT2D eigenvalue weighted by Crippen LogP contribution is -2.36. The summed E-state index contributed by atoms with van der Waals surface area (Å²) in [6.45, 7) is 1.23. The summed E-state index contributed by atoms with van der Waals surface area (Å²) in [6, 6.07) is 5.53. The zero-order chi connectivity index (χ0) is 15.0. The molecule has 1 atom stereocenters. The minimum atomic E-state index is -1.06. The Bertz CT molecular complexity index is 730. The molecule has 0 amide bonds. The van der Waals surface area contributed by atoms with Crippen molar-refractivity contribution >= 4 is 10.9 Å². The Hall–Kier alpha value is -1.76. The van der Waals surface area contributed by atoms with Gasteiger partial charge < -0.3 is 15.2 Å². The monoisotopic (exact) mass is 292 g/mol. The zero-order valence-electron chi connectivity index (χ0n) is 11.5. The average molecular weight is 292 g/mol. The molecule has 3 N–H and O–H groups in total. The molecule has 5 nitrogen and oxygen atoms in total. The SMILES string of the molecule is O=c1cc(CN2CC[C@](O)(CO)C2)[nH]c2ccc(F)cc12.